The van der Waals surface area contributed by atoms with Crippen molar-refractivity contribution in [3.63, 3.8) is 0 Å². The van der Waals surface area contributed by atoms with Gasteiger partial charge in [0.15, 0.2) is 0 Å². The van der Waals surface area contributed by atoms with Crippen molar-refractivity contribution in [2.75, 3.05) is 41.7 Å². The molecule has 0 aromatic carbocycles. The topological polar surface area (TPSA) is 84.1 Å². The minimum absolute atomic E-state index is 0.357. The molecular weight excluding hydrogens is 326 g/mol. The summed E-state index contributed by atoms with van der Waals surface area (Å²) in [5, 5.41) is 0. The van der Waals surface area contributed by atoms with Gasteiger partial charge in [-0.3, -0.25) is 0 Å². The maximum atomic E-state index is 5.71. The maximum Gasteiger partial charge on any atom is 0.225 e. The van der Waals surface area contributed by atoms with E-state index in [0.29, 0.717) is 5.95 Å². The van der Waals surface area contributed by atoms with Crippen LogP contribution in [0.5, 0.6) is 0 Å². The van der Waals surface area contributed by atoms with Crippen molar-refractivity contribution in [3.8, 4) is 0 Å². The highest BCUT2D eigenvalue weighted by atomic mass is 15.3. The molecule has 0 bridgehead atoms. The van der Waals surface area contributed by atoms with Gasteiger partial charge in [-0.05, 0) is 56.1 Å². The van der Waals surface area contributed by atoms with Gasteiger partial charge in [0.2, 0.25) is 11.9 Å². The summed E-state index contributed by atoms with van der Waals surface area (Å²) in [4.78, 5) is 22.0. The number of aromatic nitrogens is 4. The molecule has 2 aromatic heterocycles. The molecule has 7 nitrogen and oxygen atoms in total. The molecule has 2 fully saturated rings. The van der Waals surface area contributed by atoms with E-state index >= 15 is 0 Å². The van der Waals surface area contributed by atoms with Gasteiger partial charge in [-0.1, -0.05) is 0 Å². The number of hydrogen-bond donors (Lipinski definition) is 1. The molecule has 0 amide bonds. The van der Waals surface area contributed by atoms with E-state index in [0.717, 1.165) is 55.3 Å². The van der Waals surface area contributed by atoms with Crippen molar-refractivity contribution in [1.29, 1.82) is 0 Å². The molecule has 2 aliphatic rings. The number of rotatable bonds is 3. The van der Waals surface area contributed by atoms with E-state index in [1.807, 2.05) is 25.4 Å². The molecule has 4 heterocycles. The summed E-state index contributed by atoms with van der Waals surface area (Å²) in [7, 11) is 0. The maximum absolute atomic E-state index is 5.71. The zero-order valence-electron chi connectivity index (χ0n) is 15.4. The smallest absolute Gasteiger partial charge is 0.225 e. The quantitative estimate of drug-likeness (QED) is 0.906. The van der Waals surface area contributed by atoms with Crippen LogP contribution in [-0.2, 0) is 0 Å². The van der Waals surface area contributed by atoms with Gasteiger partial charge in [0, 0.05) is 44.8 Å². The third kappa shape index (κ3) is 3.71. The Morgan fingerprint density at radius 2 is 1.46 bits per heavy atom. The third-order valence-corrected chi connectivity index (χ3v) is 5.78. The van der Waals surface area contributed by atoms with Gasteiger partial charge in [-0.2, -0.15) is 4.98 Å². The molecule has 7 heteroatoms. The number of hydrogen-bond acceptors (Lipinski definition) is 7. The molecule has 2 N–H and O–H groups in total. The van der Waals surface area contributed by atoms with E-state index in [1.54, 1.807) is 6.20 Å². The Hall–Kier alpha value is -2.44. The van der Waals surface area contributed by atoms with Crippen LogP contribution in [0.15, 0.2) is 24.7 Å². The Labute approximate surface area is 154 Å². The average Bonchev–Trinajstić information content (AvgIpc) is 2.69. The van der Waals surface area contributed by atoms with E-state index < -0.39 is 0 Å². The fourth-order valence-electron chi connectivity index (χ4n) is 4.26. The summed E-state index contributed by atoms with van der Waals surface area (Å²) in [6.07, 6.45) is 10.5. The van der Waals surface area contributed by atoms with Gasteiger partial charge in [0.1, 0.15) is 5.82 Å². The van der Waals surface area contributed by atoms with Gasteiger partial charge in [-0.25, -0.2) is 15.0 Å². The zero-order chi connectivity index (χ0) is 17.9. The molecule has 2 saturated heterocycles. The number of piperidine rings is 2. The lowest BCUT2D eigenvalue weighted by Gasteiger charge is -2.40. The van der Waals surface area contributed by atoms with Gasteiger partial charge >= 0.3 is 0 Å². The zero-order valence-corrected chi connectivity index (χ0v) is 15.4. The minimum Gasteiger partial charge on any atom is -0.368 e. The second-order valence-electron chi connectivity index (χ2n) is 7.48. The van der Waals surface area contributed by atoms with E-state index in [2.05, 4.69) is 29.7 Å². The Bertz CT molecular complexity index is 717. The number of nitrogens with two attached hydrogens (primary N) is 1. The number of nitrogen functional groups attached to an aromatic ring is 1. The summed E-state index contributed by atoms with van der Waals surface area (Å²) in [5.41, 5.74) is 6.83. The lowest BCUT2D eigenvalue weighted by molar-refractivity contribution is 0.232. The fourth-order valence-corrected chi connectivity index (χ4v) is 4.26. The molecule has 0 atom stereocenters. The van der Waals surface area contributed by atoms with Crippen LogP contribution in [0, 0.1) is 18.8 Å². The second kappa shape index (κ2) is 7.43. The number of nitrogens with zero attached hydrogens (tertiary/aromatic N) is 6. The van der Waals surface area contributed by atoms with E-state index in [9.17, 15) is 0 Å². The van der Waals surface area contributed by atoms with Crippen LogP contribution >= 0.6 is 0 Å². The molecule has 0 radical (unpaired) electrons. The SMILES string of the molecule is Cc1cnc(N2CCC(C3CCN(c4ccnc(N)n4)CC3)CC2)nc1. The normalized spacial score (nSPS) is 19.7. The van der Waals surface area contributed by atoms with Crippen LogP contribution in [0.2, 0.25) is 0 Å². The van der Waals surface area contributed by atoms with Crippen LogP contribution < -0.4 is 15.5 Å². The van der Waals surface area contributed by atoms with Gasteiger partial charge in [0.25, 0.3) is 0 Å². The van der Waals surface area contributed by atoms with Crippen molar-refractivity contribution in [1.82, 2.24) is 19.9 Å². The number of anilines is 3. The predicted molar refractivity (Wildman–Crippen MR) is 103 cm³/mol. The number of aryl methyl sites for hydroxylation is 1. The molecule has 138 valence electrons. The second-order valence-corrected chi connectivity index (χ2v) is 7.48. The van der Waals surface area contributed by atoms with Crippen molar-refractivity contribution in [2.24, 2.45) is 11.8 Å². The Balaban J connectivity index is 1.29. The Kier molecular flexibility index (Phi) is 4.86. The van der Waals surface area contributed by atoms with E-state index in [-0.39, 0.29) is 0 Å². The molecule has 2 aromatic rings. The van der Waals surface area contributed by atoms with Gasteiger partial charge in [-0.15, -0.1) is 0 Å². The third-order valence-electron chi connectivity index (χ3n) is 5.78. The fraction of sp³-hybridized carbons (Fsp3) is 0.579. The van der Waals surface area contributed by atoms with Gasteiger partial charge in [0.05, 0.1) is 0 Å². The monoisotopic (exact) mass is 353 g/mol. The van der Waals surface area contributed by atoms with Crippen molar-refractivity contribution in [2.45, 2.75) is 32.6 Å². The Morgan fingerprint density at radius 1 is 0.885 bits per heavy atom. The minimum atomic E-state index is 0.357. The highest BCUT2D eigenvalue weighted by Gasteiger charge is 2.30. The molecular formula is C19H27N7. The van der Waals surface area contributed by atoms with Crippen LogP contribution in [0.4, 0.5) is 17.7 Å². The van der Waals surface area contributed by atoms with Crippen LogP contribution in [0.1, 0.15) is 31.2 Å². The first-order valence-electron chi connectivity index (χ1n) is 9.56. The summed E-state index contributed by atoms with van der Waals surface area (Å²) in [6, 6.07) is 1.96. The molecule has 2 aliphatic heterocycles. The molecule has 4 rings (SSSR count). The molecule has 0 unspecified atom stereocenters. The summed E-state index contributed by atoms with van der Waals surface area (Å²) in [6.45, 7) is 6.27. The van der Waals surface area contributed by atoms with Crippen LogP contribution in [0.25, 0.3) is 0 Å². The lowest BCUT2D eigenvalue weighted by Crippen LogP contribution is -2.41. The van der Waals surface area contributed by atoms with E-state index in [1.165, 1.54) is 25.7 Å². The van der Waals surface area contributed by atoms with Crippen LogP contribution in [-0.4, -0.2) is 46.1 Å². The first-order chi connectivity index (χ1) is 12.7. The average molecular weight is 353 g/mol. The summed E-state index contributed by atoms with van der Waals surface area (Å²) < 4.78 is 0. The predicted octanol–water partition coefficient (Wildman–Crippen LogP) is 2.29. The van der Waals surface area contributed by atoms with E-state index in [4.69, 9.17) is 5.73 Å². The molecule has 0 saturated carbocycles. The highest BCUT2D eigenvalue weighted by molar-refractivity contribution is 5.41. The Morgan fingerprint density at radius 3 is 2.04 bits per heavy atom. The standard InChI is InChI=1S/C19H27N7/c1-14-12-22-19(23-13-14)26-10-5-16(6-11-26)15-3-8-25(9-4-15)17-2-7-21-18(20)24-17/h2,7,12-13,15-16H,3-6,8-11H2,1H3,(H2,20,21,24). The molecule has 0 aliphatic carbocycles. The summed E-state index contributed by atoms with van der Waals surface area (Å²) >= 11 is 0. The largest absolute Gasteiger partial charge is 0.368 e. The van der Waals surface area contributed by atoms with Crippen molar-refractivity contribution < 1.29 is 0 Å². The van der Waals surface area contributed by atoms with Crippen molar-refractivity contribution in [3.05, 3.63) is 30.2 Å². The van der Waals surface area contributed by atoms with Gasteiger partial charge < -0.3 is 15.5 Å². The van der Waals surface area contributed by atoms with Crippen LogP contribution in [0.3, 0.4) is 0 Å². The molecule has 0 spiro atoms. The molecule has 26 heavy (non-hydrogen) atoms. The van der Waals surface area contributed by atoms with Crippen molar-refractivity contribution >= 4 is 17.7 Å². The highest BCUT2D eigenvalue weighted by Crippen LogP contribution is 2.34. The first kappa shape index (κ1) is 17.0. The first-order valence-corrected chi connectivity index (χ1v) is 9.56. The summed E-state index contributed by atoms with van der Waals surface area (Å²) in [5.74, 6) is 3.82. The lowest BCUT2D eigenvalue weighted by atomic mass is 9.79.